The number of anilines is 3. The van der Waals surface area contributed by atoms with Crippen molar-refractivity contribution in [2.75, 3.05) is 4.90 Å². The minimum Gasteiger partial charge on any atom is -0.310 e. The smallest absolute Gasteiger partial charge is 0.0476 e. The van der Waals surface area contributed by atoms with E-state index in [0.717, 1.165) is 0 Å². The van der Waals surface area contributed by atoms with E-state index in [1.807, 2.05) is 0 Å². The Morgan fingerprint density at radius 3 is 1.75 bits per heavy atom. The van der Waals surface area contributed by atoms with E-state index in [1.54, 1.807) is 11.3 Å². The van der Waals surface area contributed by atoms with Crippen molar-refractivity contribution in [3.8, 4) is 0 Å². The van der Waals surface area contributed by atoms with Gasteiger partial charge in [-0.2, -0.15) is 0 Å². The molecule has 0 aliphatic carbocycles. The number of hydrogen-bond acceptors (Lipinski definition) is 2. The van der Waals surface area contributed by atoms with Crippen LogP contribution >= 0.6 is 11.3 Å². The minimum atomic E-state index is 1.18. The molecule has 24 heavy (non-hydrogen) atoms. The molecule has 0 N–H and O–H groups in total. The molecule has 0 bridgehead atoms. The van der Waals surface area contributed by atoms with E-state index in [9.17, 15) is 0 Å². The first-order chi connectivity index (χ1) is 11.7. The topological polar surface area (TPSA) is 3.24 Å². The van der Waals surface area contributed by atoms with Gasteiger partial charge in [0, 0.05) is 21.8 Å². The largest absolute Gasteiger partial charge is 0.310 e. The molecule has 118 valence electrons. The van der Waals surface area contributed by atoms with Gasteiger partial charge in [0.1, 0.15) is 0 Å². The maximum atomic E-state index is 2.32. The van der Waals surface area contributed by atoms with Gasteiger partial charge in [-0.3, -0.25) is 0 Å². The molecule has 4 rings (SSSR count). The van der Waals surface area contributed by atoms with Crippen molar-refractivity contribution in [2.45, 2.75) is 13.8 Å². The summed E-state index contributed by atoms with van der Waals surface area (Å²) < 4.78 is 1.32. The summed E-state index contributed by atoms with van der Waals surface area (Å²) in [5.41, 5.74) is 6.10. The molecule has 0 saturated heterocycles. The number of nitrogens with zero attached hydrogens (tertiary/aromatic N) is 1. The number of benzene rings is 3. The molecule has 0 atom stereocenters. The highest BCUT2D eigenvalue weighted by Crippen LogP contribution is 2.37. The van der Waals surface area contributed by atoms with E-state index in [4.69, 9.17) is 0 Å². The number of fused-ring (bicyclic) bond motifs is 1. The Morgan fingerprint density at radius 1 is 0.625 bits per heavy atom. The molecule has 0 fully saturated rings. The second-order valence-electron chi connectivity index (χ2n) is 6.15. The molecule has 3 aromatic carbocycles. The SMILES string of the molecule is Cc1ccc(N(c2ccc(C)cc2)c2ccc3ccsc3c2)cc1. The fourth-order valence-electron chi connectivity index (χ4n) is 2.92. The number of aryl methyl sites for hydroxylation is 2. The van der Waals surface area contributed by atoms with Gasteiger partial charge in [0.15, 0.2) is 0 Å². The van der Waals surface area contributed by atoms with Crippen molar-refractivity contribution in [1.29, 1.82) is 0 Å². The molecule has 0 aliphatic heterocycles. The lowest BCUT2D eigenvalue weighted by molar-refractivity contribution is 1.27. The van der Waals surface area contributed by atoms with Crippen molar-refractivity contribution in [1.82, 2.24) is 0 Å². The molecule has 2 heteroatoms. The van der Waals surface area contributed by atoms with Crippen molar-refractivity contribution in [2.24, 2.45) is 0 Å². The molecule has 0 aliphatic rings. The van der Waals surface area contributed by atoms with Crippen LogP contribution in [-0.4, -0.2) is 0 Å². The first-order valence-corrected chi connectivity index (χ1v) is 8.99. The van der Waals surface area contributed by atoms with Crippen LogP contribution in [-0.2, 0) is 0 Å². The normalized spacial score (nSPS) is 10.9. The molecule has 0 unspecified atom stereocenters. The van der Waals surface area contributed by atoms with Crippen molar-refractivity contribution < 1.29 is 0 Å². The zero-order valence-corrected chi connectivity index (χ0v) is 14.7. The first-order valence-electron chi connectivity index (χ1n) is 8.11. The highest BCUT2D eigenvalue weighted by atomic mass is 32.1. The van der Waals surface area contributed by atoms with Crippen molar-refractivity contribution >= 4 is 38.5 Å². The number of hydrogen-bond donors (Lipinski definition) is 0. The van der Waals surface area contributed by atoms with E-state index in [1.165, 1.54) is 38.3 Å². The summed E-state index contributed by atoms with van der Waals surface area (Å²) in [6, 6.07) is 26.3. The summed E-state index contributed by atoms with van der Waals surface area (Å²) in [7, 11) is 0. The van der Waals surface area contributed by atoms with Crippen LogP contribution in [0.1, 0.15) is 11.1 Å². The van der Waals surface area contributed by atoms with Gasteiger partial charge in [0.25, 0.3) is 0 Å². The molecule has 0 radical (unpaired) electrons. The number of thiophene rings is 1. The number of rotatable bonds is 3. The summed E-state index contributed by atoms with van der Waals surface area (Å²) >= 11 is 1.79. The van der Waals surface area contributed by atoms with Crippen LogP contribution < -0.4 is 4.90 Å². The Morgan fingerprint density at radius 2 is 1.17 bits per heavy atom. The van der Waals surface area contributed by atoms with Crippen LogP contribution in [0.25, 0.3) is 10.1 Å². The Bertz CT molecular complexity index is 919. The van der Waals surface area contributed by atoms with E-state index in [-0.39, 0.29) is 0 Å². The highest BCUT2D eigenvalue weighted by Gasteiger charge is 2.13. The van der Waals surface area contributed by atoms with Gasteiger partial charge in [-0.1, -0.05) is 41.5 Å². The predicted octanol–water partition coefficient (Wildman–Crippen LogP) is 6.99. The van der Waals surface area contributed by atoms with Gasteiger partial charge in [0.05, 0.1) is 0 Å². The third-order valence-electron chi connectivity index (χ3n) is 4.28. The molecular formula is C22H19NS. The monoisotopic (exact) mass is 329 g/mol. The quantitative estimate of drug-likeness (QED) is 0.391. The van der Waals surface area contributed by atoms with Gasteiger partial charge in [-0.05, 0) is 67.1 Å². The first kappa shape index (κ1) is 15.0. The third kappa shape index (κ3) is 2.81. The van der Waals surface area contributed by atoms with Crippen LogP contribution in [0.2, 0.25) is 0 Å². The zero-order valence-electron chi connectivity index (χ0n) is 13.9. The average molecular weight is 329 g/mol. The van der Waals surface area contributed by atoms with Crippen LogP contribution in [0, 0.1) is 13.8 Å². The lowest BCUT2D eigenvalue weighted by Gasteiger charge is -2.25. The second kappa shape index (κ2) is 6.14. The lowest BCUT2D eigenvalue weighted by atomic mass is 10.1. The fraction of sp³-hybridized carbons (Fsp3) is 0.0909. The molecule has 1 heterocycles. The van der Waals surface area contributed by atoms with Crippen molar-refractivity contribution in [3.05, 3.63) is 89.3 Å². The molecule has 4 aromatic rings. The third-order valence-corrected chi connectivity index (χ3v) is 5.16. The molecule has 0 spiro atoms. The van der Waals surface area contributed by atoms with Crippen LogP contribution in [0.5, 0.6) is 0 Å². The maximum absolute atomic E-state index is 2.32. The lowest BCUT2D eigenvalue weighted by Crippen LogP contribution is -2.09. The predicted molar refractivity (Wildman–Crippen MR) is 106 cm³/mol. The van der Waals surface area contributed by atoms with Crippen LogP contribution in [0.4, 0.5) is 17.1 Å². The fourth-order valence-corrected chi connectivity index (χ4v) is 3.74. The Hall–Kier alpha value is -2.58. The summed E-state index contributed by atoms with van der Waals surface area (Å²) in [5.74, 6) is 0. The zero-order chi connectivity index (χ0) is 16.5. The van der Waals surface area contributed by atoms with E-state index < -0.39 is 0 Å². The van der Waals surface area contributed by atoms with Gasteiger partial charge in [-0.25, -0.2) is 0 Å². The summed E-state index contributed by atoms with van der Waals surface area (Å²) in [4.78, 5) is 2.32. The van der Waals surface area contributed by atoms with Crippen molar-refractivity contribution in [3.63, 3.8) is 0 Å². The van der Waals surface area contributed by atoms with Gasteiger partial charge in [-0.15, -0.1) is 11.3 Å². The average Bonchev–Trinajstić information content (AvgIpc) is 3.06. The molecular weight excluding hydrogens is 310 g/mol. The molecule has 0 amide bonds. The van der Waals surface area contributed by atoms with Gasteiger partial charge >= 0.3 is 0 Å². The summed E-state index contributed by atoms with van der Waals surface area (Å²) in [5, 5.41) is 3.45. The molecule has 0 saturated carbocycles. The maximum Gasteiger partial charge on any atom is 0.0476 e. The highest BCUT2D eigenvalue weighted by molar-refractivity contribution is 7.17. The van der Waals surface area contributed by atoms with Gasteiger partial charge in [0.2, 0.25) is 0 Å². The van der Waals surface area contributed by atoms with Crippen LogP contribution in [0.15, 0.2) is 78.2 Å². The van der Waals surface area contributed by atoms with E-state index in [2.05, 4.69) is 96.9 Å². The van der Waals surface area contributed by atoms with E-state index >= 15 is 0 Å². The standard InChI is InChI=1S/C22H19NS/c1-16-3-8-19(9-4-16)23(20-10-5-17(2)6-11-20)21-12-7-18-13-14-24-22(18)15-21/h3-15H,1-2H3. The minimum absolute atomic E-state index is 1.18. The Labute approximate surface area is 146 Å². The Kier molecular flexibility index (Phi) is 3.83. The molecule has 1 aromatic heterocycles. The van der Waals surface area contributed by atoms with Gasteiger partial charge < -0.3 is 4.90 Å². The second-order valence-corrected chi connectivity index (χ2v) is 7.10. The molecule has 1 nitrogen and oxygen atoms in total. The Balaban J connectivity index is 1.88. The van der Waals surface area contributed by atoms with E-state index in [0.29, 0.717) is 0 Å². The van der Waals surface area contributed by atoms with Crippen LogP contribution in [0.3, 0.4) is 0 Å². The summed E-state index contributed by atoms with van der Waals surface area (Å²) in [6.45, 7) is 4.25. The summed E-state index contributed by atoms with van der Waals surface area (Å²) in [6.07, 6.45) is 0.